The summed E-state index contributed by atoms with van der Waals surface area (Å²) in [6.45, 7) is 0. The van der Waals surface area contributed by atoms with Gasteiger partial charge >= 0.3 is 0 Å². The van der Waals surface area contributed by atoms with Crippen LogP contribution in [0.2, 0.25) is 0 Å². The smallest absolute Gasteiger partial charge is 0.0555 e. The first-order valence-corrected chi connectivity index (χ1v) is 16.2. The van der Waals surface area contributed by atoms with Crippen LogP contribution in [0.4, 0.5) is 17.1 Å². The van der Waals surface area contributed by atoms with E-state index >= 15 is 0 Å². The summed E-state index contributed by atoms with van der Waals surface area (Å²) in [5, 5.41) is 13.0. The largest absolute Gasteiger partial charge is 0.309 e. The van der Waals surface area contributed by atoms with Gasteiger partial charge in [0, 0.05) is 45.7 Å². The molecule has 0 unspecified atom stereocenters. The molecule has 0 aliphatic heterocycles. The predicted octanol–water partition coefficient (Wildman–Crippen LogP) is 12.8. The highest BCUT2D eigenvalue weighted by atomic mass is 32.1. The molecule has 0 saturated heterocycles. The van der Waals surface area contributed by atoms with Crippen LogP contribution >= 0.6 is 22.7 Å². The zero-order chi connectivity index (χ0) is 28.1. The molecule has 0 saturated carbocycles. The maximum Gasteiger partial charge on any atom is 0.0555 e. The summed E-state index contributed by atoms with van der Waals surface area (Å²) in [4.78, 5) is 2.55. The van der Waals surface area contributed by atoms with Crippen LogP contribution in [-0.2, 0) is 0 Å². The Kier molecular flexibility index (Phi) is 4.81. The van der Waals surface area contributed by atoms with Crippen LogP contribution in [0.25, 0.3) is 72.7 Å². The Labute approximate surface area is 255 Å². The number of hydrogen-bond acceptors (Lipinski definition) is 3. The second-order valence-electron chi connectivity index (χ2n) is 11.3. The van der Waals surface area contributed by atoms with Crippen LogP contribution in [0.1, 0.15) is 0 Å². The molecule has 2 aromatic heterocycles. The van der Waals surface area contributed by atoms with Gasteiger partial charge in [0.25, 0.3) is 0 Å². The standard InChI is InChI=1S/C40H23NS2/c1-3-14-33-28(10-1)39-31(12-6-16-35(39)42-33)41(32-13-7-17-36-40(32)29-11-2-4-15-34(29)43-36)30-23-21-26-19-18-24-8-5-9-25-20-22-27(30)38(26)37(24)25/h1-23H. The van der Waals surface area contributed by atoms with Gasteiger partial charge in [0.1, 0.15) is 0 Å². The molecule has 10 aromatic rings. The number of benzene rings is 8. The number of anilines is 3. The molecule has 8 aromatic carbocycles. The third kappa shape index (κ3) is 3.26. The number of rotatable bonds is 3. The second kappa shape index (κ2) is 8.78. The van der Waals surface area contributed by atoms with Crippen molar-refractivity contribution in [1.82, 2.24) is 0 Å². The molecule has 0 aliphatic rings. The summed E-state index contributed by atoms with van der Waals surface area (Å²) in [5.41, 5.74) is 3.64. The molecule has 10 rings (SSSR count). The molecule has 0 bridgehead atoms. The van der Waals surface area contributed by atoms with E-state index < -0.39 is 0 Å². The number of thiophene rings is 2. The van der Waals surface area contributed by atoms with Crippen molar-refractivity contribution in [3.05, 3.63) is 140 Å². The van der Waals surface area contributed by atoms with Crippen LogP contribution in [0, 0.1) is 0 Å². The fourth-order valence-corrected chi connectivity index (χ4v) is 9.44. The minimum atomic E-state index is 1.20. The maximum absolute atomic E-state index is 2.55. The van der Waals surface area contributed by atoms with Gasteiger partial charge in [-0.25, -0.2) is 0 Å². The van der Waals surface area contributed by atoms with Crippen molar-refractivity contribution in [2.45, 2.75) is 0 Å². The first-order valence-electron chi connectivity index (χ1n) is 14.6. The van der Waals surface area contributed by atoms with Gasteiger partial charge in [-0.3, -0.25) is 0 Å². The van der Waals surface area contributed by atoms with Gasteiger partial charge < -0.3 is 4.90 Å². The van der Waals surface area contributed by atoms with E-state index in [1.165, 1.54) is 89.7 Å². The first-order chi connectivity index (χ1) is 21.3. The average molecular weight is 582 g/mol. The molecule has 0 N–H and O–H groups in total. The lowest BCUT2D eigenvalue weighted by atomic mass is 9.93. The van der Waals surface area contributed by atoms with Gasteiger partial charge in [0.2, 0.25) is 0 Å². The Morgan fingerprint density at radius 2 is 0.791 bits per heavy atom. The molecule has 3 heteroatoms. The molecule has 0 atom stereocenters. The monoisotopic (exact) mass is 581 g/mol. The lowest BCUT2D eigenvalue weighted by molar-refractivity contribution is 1.34. The van der Waals surface area contributed by atoms with E-state index in [0.29, 0.717) is 0 Å². The van der Waals surface area contributed by atoms with Gasteiger partial charge in [0.05, 0.1) is 17.1 Å². The number of nitrogens with zero attached hydrogens (tertiary/aromatic N) is 1. The van der Waals surface area contributed by atoms with Gasteiger partial charge in [-0.1, -0.05) is 97.1 Å². The van der Waals surface area contributed by atoms with Crippen molar-refractivity contribution in [2.75, 3.05) is 4.90 Å². The van der Waals surface area contributed by atoms with E-state index in [1.807, 2.05) is 22.7 Å². The Bertz CT molecular complexity index is 2560. The third-order valence-electron chi connectivity index (χ3n) is 8.99. The summed E-state index contributed by atoms with van der Waals surface area (Å²) >= 11 is 3.75. The molecule has 0 aliphatic carbocycles. The molecule has 0 amide bonds. The maximum atomic E-state index is 2.55. The quantitative estimate of drug-likeness (QED) is 0.188. The topological polar surface area (TPSA) is 3.24 Å². The number of hydrogen-bond donors (Lipinski definition) is 0. The third-order valence-corrected chi connectivity index (χ3v) is 11.3. The van der Waals surface area contributed by atoms with E-state index in [4.69, 9.17) is 0 Å². The average Bonchev–Trinajstić information content (AvgIpc) is 3.63. The Balaban J connectivity index is 1.40. The highest BCUT2D eigenvalue weighted by Gasteiger charge is 2.24. The first kappa shape index (κ1) is 23.6. The van der Waals surface area contributed by atoms with Gasteiger partial charge in [-0.15, -0.1) is 22.7 Å². The predicted molar refractivity (Wildman–Crippen MR) is 191 cm³/mol. The number of fused-ring (bicyclic) bond motifs is 6. The molecule has 0 radical (unpaired) electrons. The van der Waals surface area contributed by atoms with E-state index in [1.54, 1.807) is 0 Å². The van der Waals surface area contributed by atoms with Crippen molar-refractivity contribution < 1.29 is 0 Å². The van der Waals surface area contributed by atoms with Crippen molar-refractivity contribution in [3.63, 3.8) is 0 Å². The lowest BCUT2D eigenvalue weighted by Crippen LogP contribution is -2.11. The van der Waals surface area contributed by atoms with E-state index in [-0.39, 0.29) is 0 Å². The Morgan fingerprint density at radius 3 is 1.42 bits per heavy atom. The minimum absolute atomic E-state index is 1.20. The van der Waals surface area contributed by atoms with Gasteiger partial charge in [0.15, 0.2) is 0 Å². The summed E-state index contributed by atoms with van der Waals surface area (Å²) in [7, 11) is 0. The van der Waals surface area contributed by atoms with Crippen LogP contribution in [0.15, 0.2) is 140 Å². The highest BCUT2D eigenvalue weighted by Crippen LogP contribution is 2.51. The highest BCUT2D eigenvalue weighted by molar-refractivity contribution is 7.26. The zero-order valence-corrected chi connectivity index (χ0v) is 24.7. The fraction of sp³-hybridized carbons (Fsp3) is 0. The molecule has 0 fully saturated rings. The van der Waals surface area contributed by atoms with E-state index in [0.717, 1.165) is 0 Å². The van der Waals surface area contributed by atoms with Crippen molar-refractivity contribution >= 4 is 112 Å². The van der Waals surface area contributed by atoms with Gasteiger partial charge in [-0.2, -0.15) is 0 Å². The lowest BCUT2D eigenvalue weighted by Gasteiger charge is -2.29. The zero-order valence-electron chi connectivity index (χ0n) is 23.0. The van der Waals surface area contributed by atoms with Crippen LogP contribution in [0.3, 0.4) is 0 Å². The van der Waals surface area contributed by atoms with Gasteiger partial charge in [-0.05, 0) is 69.4 Å². The molecular weight excluding hydrogens is 559 g/mol. The van der Waals surface area contributed by atoms with Crippen molar-refractivity contribution in [3.8, 4) is 0 Å². The summed E-state index contributed by atoms with van der Waals surface area (Å²) in [6, 6.07) is 51.8. The summed E-state index contributed by atoms with van der Waals surface area (Å²) < 4.78 is 5.26. The molecule has 1 nitrogen and oxygen atoms in total. The van der Waals surface area contributed by atoms with E-state index in [2.05, 4.69) is 144 Å². The van der Waals surface area contributed by atoms with Crippen molar-refractivity contribution in [2.24, 2.45) is 0 Å². The summed E-state index contributed by atoms with van der Waals surface area (Å²) in [5.74, 6) is 0. The molecule has 0 spiro atoms. The van der Waals surface area contributed by atoms with E-state index in [9.17, 15) is 0 Å². The van der Waals surface area contributed by atoms with Crippen LogP contribution in [-0.4, -0.2) is 0 Å². The molecule has 43 heavy (non-hydrogen) atoms. The Hall–Kier alpha value is -4.96. The summed E-state index contributed by atoms with van der Waals surface area (Å²) in [6.07, 6.45) is 0. The minimum Gasteiger partial charge on any atom is -0.309 e. The normalized spacial score (nSPS) is 12.2. The molecule has 200 valence electrons. The Morgan fingerprint density at radius 1 is 0.302 bits per heavy atom. The van der Waals surface area contributed by atoms with Crippen molar-refractivity contribution in [1.29, 1.82) is 0 Å². The SMILES string of the molecule is c1cc2ccc3ccc(N(c4cccc5sc6ccccc6c45)c4cccc5sc6ccccc6c45)c4ccc(c1)c2c34. The fourth-order valence-electron chi connectivity index (χ4n) is 7.19. The van der Waals surface area contributed by atoms with Crippen LogP contribution in [0.5, 0.6) is 0 Å². The molecule has 2 heterocycles. The molecular formula is C40H23NS2. The van der Waals surface area contributed by atoms with Crippen LogP contribution < -0.4 is 4.90 Å². The second-order valence-corrected chi connectivity index (χ2v) is 13.4.